The van der Waals surface area contributed by atoms with Gasteiger partial charge in [0.2, 0.25) is 0 Å². The summed E-state index contributed by atoms with van der Waals surface area (Å²) in [7, 11) is 1.63. The van der Waals surface area contributed by atoms with Crippen LogP contribution in [0.5, 0.6) is 5.75 Å². The van der Waals surface area contributed by atoms with Crippen molar-refractivity contribution in [2.75, 3.05) is 19.0 Å². The summed E-state index contributed by atoms with van der Waals surface area (Å²) in [6.45, 7) is 2.13. The second-order valence-corrected chi connectivity index (χ2v) is 9.18. The molecule has 0 unspecified atom stereocenters. The van der Waals surface area contributed by atoms with Crippen LogP contribution in [0.3, 0.4) is 0 Å². The van der Waals surface area contributed by atoms with Gasteiger partial charge in [0.1, 0.15) is 27.4 Å². The molecule has 164 valence electrons. The summed E-state index contributed by atoms with van der Waals surface area (Å²) in [4.78, 5) is 18.5. The Morgan fingerprint density at radius 3 is 2.97 bits per heavy atom. The summed E-state index contributed by atoms with van der Waals surface area (Å²) in [5, 5.41) is 16.2. The van der Waals surface area contributed by atoms with E-state index in [1.807, 2.05) is 29.6 Å². The highest BCUT2D eigenvalue weighted by molar-refractivity contribution is 7.16. The van der Waals surface area contributed by atoms with Crippen LogP contribution in [-0.2, 0) is 17.6 Å². The van der Waals surface area contributed by atoms with E-state index in [0.717, 1.165) is 53.3 Å². The second kappa shape index (κ2) is 9.98. The summed E-state index contributed by atoms with van der Waals surface area (Å²) in [5.74, 6) is 0.443. The molecule has 1 aliphatic carbocycles. The summed E-state index contributed by atoms with van der Waals surface area (Å²) < 4.78 is 10.6. The topological polar surface area (TPSA) is 84.2 Å². The molecule has 4 rings (SSSR count). The quantitative estimate of drug-likeness (QED) is 0.345. The van der Waals surface area contributed by atoms with Crippen LogP contribution in [-0.4, -0.2) is 24.7 Å². The number of anilines is 1. The minimum absolute atomic E-state index is 0.309. The Morgan fingerprint density at radius 1 is 1.34 bits per heavy atom. The summed E-state index contributed by atoms with van der Waals surface area (Å²) >= 11 is 2.97. The van der Waals surface area contributed by atoms with Crippen LogP contribution in [0.25, 0.3) is 16.8 Å². The van der Waals surface area contributed by atoms with Crippen LogP contribution in [0, 0.1) is 11.3 Å². The van der Waals surface area contributed by atoms with Crippen molar-refractivity contribution in [3.8, 4) is 23.1 Å². The third kappa shape index (κ3) is 4.54. The molecule has 32 heavy (non-hydrogen) atoms. The number of esters is 1. The number of thiazole rings is 1. The van der Waals surface area contributed by atoms with Crippen molar-refractivity contribution in [3.05, 3.63) is 56.9 Å². The SMILES string of the molecule is CCOC(=O)c1c(NC=C(C#N)c2nc(-c3cccc(OC)c3)cs2)sc2c1CCCC2. The van der Waals surface area contributed by atoms with Gasteiger partial charge in [-0.1, -0.05) is 12.1 Å². The van der Waals surface area contributed by atoms with Crippen LogP contribution < -0.4 is 10.1 Å². The zero-order valence-corrected chi connectivity index (χ0v) is 19.6. The molecule has 3 aromatic rings. The number of carbonyl (C=O) groups is 1. The third-order valence-corrected chi connectivity index (χ3v) is 7.32. The molecular weight excluding hydrogens is 442 g/mol. The first kappa shape index (κ1) is 22.1. The van der Waals surface area contributed by atoms with Gasteiger partial charge in [0, 0.05) is 22.0 Å². The molecule has 1 aromatic carbocycles. The Labute approximate surface area is 195 Å². The molecule has 0 bridgehead atoms. The molecule has 0 amide bonds. The number of aryl methyl sites for hydroxylation is 1. The van der Waals surface area contributed by atoms with Crippen LogP contribution in [0.15, 0.2) is 35.8 Å². The molecule has 0 fully saturated rings. The average Bonchev–Trinajstić information content (AvgIpc) is 3.45. The maximum Gasteiger partial charge on any atom is 0.341 e. The molecule has 0 radical (unpaired) electrons. The van der Waals surface area contributed by atoms with E-state index in [9.17, 15) is 10.1 Å². The van der Waals surface area contributed by atoms with E-state index in [-0.39, 0.29) is 5.97 Å². The van der Waals surface area contributed by atoms with Crippen LogP contribution in [0.2, 0.25) is 0 Å². The van der Waals surface area contributed by atoms with Gasteiger partial charge in [-0.3, -0.25) is 0 Å². The van der Waals surface area contributed by atoms with Gasteiger partial charge in [-0.2, -0.15) is 5.26 Å². The number of carbonyl (C=O) groups excluding carboxylic acids is 1. The van der Waals surface area contributed by atoms with Gasteiger partial charge in [-0.05, 0) is 50.3 Å². The number of allylic oxidation sites excluding steroid dienone is 1. The molecular formula is C24H23N3O3S2. The number of rotatable bonds is 7. The van der Waals surface area contributed by atoms with Gasteiger partial charge in [-0.15, -0.1) is 22.7 Å². The number of benzene rings is 1. The highest BCUT2D eigenvalue weighted by Crippen LogP contribution is 2.39. The number of methoxy groups -OCH3 is 1. The maximum absolute atomic E-state index is 12.6. The molecule has 6 nitrogen and oxygen atoms in total. The lowest BCUT2D eigenvalue weighted by Crippen LogP contribution is -2.10. The van der Waals surface area contributed by atoms with E-state index < -0.39 is 0 Å². The second-order valence-electron chi connectivity index (χ2n) is 7.22. The smallest absolute Gasteiger partial charge is 0.341 e. The van der Waals surface area contributed by atoms with Gasteiger partial charge in [0.15, 0.2) is 0 Å². The first-order valence-corrected chi connectivity index (χ1v) is 12.1. The van der Waals surface area contributed by atoms with Crippen molar-refractivity contribution in [1.29, 1.82) is 5.26 Å². The van der Waals surface area contributed by atoms with E-state index >= 15 is 0 Å². The predicted molar refractivity (Wildman–Crippen MR) is 128 cm³/mol. The lowest BCUT2D eigenvalue weighted by atomic mass is 9.95. The zero-order chi connectivity index (χ0) is 22.5. The average molecular weight is 466 g/mol. The third-order valence-electron chi connectivity index (χ3n) is 5.22. The number of hydrogen-bond donors (Lipinski definition) is 1. The van der Waals surface area contributed by atoms with Gasteiger partial charge in [-0.25, -0.2) is 9.78 Å². The Bertz CT molecular complexity index is 1200. The monoisotopic (exact) mass is 465 g/mol. The number of nitriles is 1. The van der Waals surface area contributed by atoms with Gasteiger partial charge in [0.25, 0.3) is 0 Å². The molecule has 1 aliphatic rings. The van der Waals surface area contributed by atoms with Crippen molar-refractivity contribution in [2.45, 2.75) is 32.6 Å². The highest BCUT2D eigenvalue weighted by Gasteiger charge is 2.26. The van der Waals surface area contributed by atoms with Crippen molar-refractivity contribution in [2.24, 2.45) is 0 Å². The molecule has 0 aliphatic heterocycles. The summed E-state index contributed by atoms with van der Waals surface area (Å²) in [6.07, 6.45) is 5.68. The number of nitrogens with one attached hydrogen (secondary N) is 1. The highest BCUT2D eigenvalue weighted by atomic mass is 32.1. The molecule has 2 heterocycles. The van der Waals surface area contributed by atoms with E-state index in [4.69, 9.17) is 9.47 Å². The first-order valence-electron chi connectivity index (χ1n) is 10.4. The van der Waals surface area contributed by atoms with Gasteiger partial charge < -0.3 is 14.8 Å². The molecule has 1 N–H and O–H groups in total. The number of ether oxygens (including phenoxy) is 2. The minimum atomic E-state index is -0.309. The van der Waals surface area contributed by atoms with Crippen molar-refractivity contribution >= 4 is 39.2 Å². The summed E-state index contributed by atoms with van der Waals surface area (Å²) in [6, 6.07) is 9.87. The number of fused-ring (bicyclic) bond motifs is 1. The molecule has 8 heteroatoms. The van der Waals surface area contributed by atoms with Crippen molar-refractivity contribution < 1.29 is 14.3 Å². The lowest BCUT2D eigenvalue weighted by Gasteiger charge is -2.12. The van der Waals surface area contributed by atoms with Crippen molar-refractivity contribution in [3.63, 3.8) is 0 Å². The standard InChI is InChI=1S/C24H23N3O3S2/c1-3-30-24(28)21-18-9-4-5-10-20(18)32-23(21)26-13-16(12-25)22-27-19(14-31-22)15-7-6-8-17(11-15)29-2/h6-8,11,13-14,26H,3-5,9-10H2,1-2H3. The van der Waals surface area contributed by atoms with E-state index in [1.54, 1.807) is 31.6 Å². The maximum atomic E-state index is 12.6. The van der Waals surface area contributed by atoms with E-state index in [1.165, 1.54) is 16.2 Å². The first-order chi connectivity index (χ1) is 15.6. The zero-order valence-electron chi connectivity index (χ0n) is 17.9. The Balaban J connectivity index is 1.62. The van der Waals surface area contributed by atoms with Gasteiger partial charge in [0.05, 0.1) is 25.0 Å². The number of hydrogen-bond acceptors (Lipinski definition) is 8. The Morgan fingerprint density at radius 2 is 2.19 bits per heavy atom. The predicted octanol–water partition coefficient (Wildman–Crippen LogP) is 5.91. The Hall–Kier alpha value is -3.15. The fraction of sp³-hybridized carbons (Fsp3) is 0.292. The molecule has 0 saturated heterocycles. The minimum Gasteiger partial charge on any atom is -0.497 e. The number of aromatic nitrogens is 1. The van der Waals surface area contributed by atoms with Gasteiger partial charge >= 0.3 is 5.97 Å². The fourth-order valence-corrected chi connectivity index (χ4v) is 5.72. The molecule has 0 saturated carbocycles. The molecule has 2 aromatic heterocycles. The van der Waals surface area contributed by atoms with Crippen LogP contribution in [0.1, 0.15) is 45.6 Å². The fourth-order valence-electron chi connectivity index (χ4n) is 3.68. The van der Waals surface area contributed by atoms with Crippen LogP contribution >= 0.6 is 22.7 Å². The molecule has 0 atom stereocenters. The molecule has 0 spiro atoms. The number of thiophene rings is 1. The normalized spacial score (nSPS) is 13.2. The largest absolute Gasteiger partial charge is 0.497 e. The van der Waals surface area contributed by atoms with E-state index in [0.29, 0.717) is 22.8 Å². The van der Waals surface area contributed by atoms with Crippen LogP contribution in [0.4, 0.5) is 5.00 Å². The van der Waals surface area contributed by atoms with E-state index in [2.05, 4.69) is 16.4 Å². The van der Waals surface area contributed by atoms with Crippen molar-refractivity contribution in [1.82, 2.24) is 4.98 Å². The number of nitrogens with zero attached hydrogens (tertiary/aromatic N) is 2. The summed E-state index contributed by atoms with van der Waals surface area (Å²) in [5.41, 5.74) is 3.81. The Kier molecular flexibility index (Phi) is 6.88. The lowest BCUT2D eigenvalue weighted by molar-refractivity contribution is 0.0526.